The van der Waals surface area contributed by atoms with Crippen molar-refractivity contribution in [2.75, 3.05) is 0 Å². The zero-order valence-electron chi connectivity index (χ0n) is 13.0. The fourth-order valence-corrected chi connectivity index (χ4v) is 1.40. The summed E-state index contributed by atoms with van der Waals surface area (Å²) in [6.45, 7) is 2.19. The van der Waals surface area contributed by atoms with Crippen LogP contribution in [0.3, 0.4) is 0 Å². The second-order valence-electron chi connectivity index (χ2n) is 4.40. The number of carbonyl (C=O) groups excluding carboxylic acids is 1. The predicted octanol–water partition coefficient (Wildman–Crippen LogP) is 4.03. The highest BCUT2D eigenvalue weighted by atomic mass is 16.1. The van der Waals surface area contributed by atoms with Gasteiger partial charge in [0.1, 0.15) is 0 Å². The lowest BCUT2D eigenvalue weighted by atomic mass is 10.2. The van der Waals surface area contributed by atoms with Gasteiger partial charge in [-0.05, 0) is 12.8 Å². The molecule has 21 heavy (non-hydrogen) atoms. The van der Waals surface area contributed by atoms with Crippen molar-refractivity contribution in [1.82, 2.24) is 0 Å². The molecular weight excluding hydrogens is 256 g/mol. The van der Waals surface area contributed by atoms with Gasteiger partial charge in [-0.15, -0.1) is 11.8 Å². The Bertz CT molecular complexity index is 497. The second-order valence-corrected chi connectivity index (χ2v) is 4.40. The molecule has 0 heterocycles. The Kier molecular flexibility index (Phi) is 16.1. The minimum atomic E-state index is 0.470. The fraction of sp³-hybridized carbons (Fsp3) is 0.550. The predicted molar refractivity (Wildman–Crippen MR) is 88.6 cm³/mol. The Labute approximate surface area is 130 Å². The summed E-state index contributed by atoms with van der Waals surface area (Å²) >= 11 is 0. The van der Waals surface area contributed by atoms with Crippen LogP contribution >= 0.6 is 0 Å². The minimum Gasteiger partial charge on any atom is -0.291 e. The lowest BCUT2D eigenvalue weighted by Gasteiger charge is -1.87. The van der Waals surface area contributed by atoms with Crippen molar-refractivity contribution in [1.29, 1.82) is 0 Å². The highest BCUT2D eigenvalue weighted by Gasteiger charge is 1.81. The van der Waals surface area contributed by atoms with E-state index in [9.17, 15) is 4.79 Å². The van der Waals surface area contributed by atoms with Crippen LogP contribution in [0.15, 0.2) is 0 Å². The maximum atomic E-state index is 9.95. The second kappa shape index (κ2) is 17.9. The molecule has 0 aromatic heterocycles. The van der Waals surface area contributed by atoms with Gasteiger partial charge in [0.25, 0.3) is 0 Å². The molecule has 0 aliphatic rings. The third-order valence-electron chi connectivity index (χ3n) is 2.52. The molecule has 1 nitrogen and oxygen atoms in total. The molecule has 0 aliphatic heterocycles. The zero-order valence-corrected chi connectivity index (χ0v) is 13.0. The molecule has 0 aromatic rings. The molecule has 0 N–H and O–H groups in total. The van der Waals surface area contributed by atoms with E-state index in [0.717, 1.165) is 19.3 Å². The van der Waals surface area contributed by atoms with Crippen molar-refractivity contribution in [2.24, 2.45) is 0 Å². The molecule has 0 amide bonds. The van der Waals surface area contributed by atoms with Crippen LogP contribution in [-0.4, -0.2) is 6.29 Å². The Morgan fingerprint density at radius 3 is 1.52 bits per heavy atom. The maximum absolute atomic E-state index is 9.95. The SMILES string of the molecule is CCCCCC#CCC#CCC#CCC#CCCC[C]=O. The smallest absolute Gasteiger partial charge is 0.198 e. The van der Waals surface area contributed by atoms with Crippen molar-refractivity contribution in [3.63, 3.8) is 0 Å². The van der Waals surface area contributed by atoms with Crippen molar-refractivity contribution in [3.05, 3.63) is 0 Å². The number of hydrogen-bond donors (Lipinski definition) is 0. The molecule has 0 atom stereocenters. The van der Waals surface area contributed by atoms with E-state index >= 15 is 0 Å². The van der Waals surface area contributed by atoms with Gasteiger partial charge in [0, 0.05) is 19.3 Å². The summed E-state index contributed by atoms with van der Waals surface area (Å²) in [4.78, 5) is 9.95. The zero-order chi connectivity index (χ0) is 15.4. The number of hydrogen-bond acceptors (Lipinski definition) is 1. The highest BCUT2D eigenvalue weighted by Crippen LogP contribution is 1.96. The molecule has 0 aliphatic carbocycles. The third kappa shape index (κ3) is 17.9. The van der Waals surface area contributed by atoms with Crippen LogP contribution in [-0.2, 0) is 4.79 Å². The Morgan fingerprint density at radius 1 is 0.571 bits per heavy atom. The summed E-state index contributed by atoms with van der Waals surface area (Å²) in [7, 11) is 0. The van der Waals surface area contributed by atoms with E-state index in [0.29, 0.717) is 25.7 Å². The lowest BCUT2D eigenvalue weighted by Crippen LogP contribution is -1.73. The van der Waals surface area contributed by atoms with Crippen LogP contribution in [0.4, 0.5) is 0 Å². The molecule has 0 spiro atoms. The largest absolute Gasteiger partial charge is 0.291 e. The molecule has 109 valence electrons. The van der Waals surface area contributed by atoms with Gasteiger partial charge in [-0.1, -0.05) is 55.3 Å². The van der Waals surface area contributed by atoms with E-state index in [1.165, 1.54) is 19.3 Å². The summed E-state index contributed by atoms with van der Waals surface area (Å²) in [5.41, 5.74) is 0. The first kappa shape index (κ1) is 18.9. The van der Waals surface area contributed by atoms with Gasteiger partial charge in [-0.25, -0.2) is 0 Å². The average molecular weight is 279 g/mol. The molecule has 0 bridgehead atoms. The van der Waals surface area contributed by atoms with Crippen LogP contribution in [0.2, 0.25) is 0 Å². The summed E-state index contributed by atoms with van der Waals surface area (Å²) in [5.74, 6) is 24.0. The van der Waals surface area contributed by atoms with Crippen LogP contribution in [0.5, 0.6) is 0 Å². The average Bonchev–Trinajstić information content (AvgIpc) is 2.50. The summed E-state index contributed by atoms with van der Waals surface area (Å²) in [6.07, 6.45) is 10.3. The molecule has 0 aromatic carbocycles. The van der Waals surface area contributed by atoms with E-state index in [2.05, 4.69) is 54.3 Å². The first-order valence-corrected chi connectivity index (χ1v) is 7.59. The summed E-state index contributed by atoms with van der Waals surface area (Å²) in [5, 5.41) is 0. The normalized spacial score (nSPS) is 7.86. The van der Waals surface area contributed by atoms with E-state index in [-0.39, 0.29) is 0 Å². The Hall–Kier alpha value is -2.09. The van der Waals surface area contributed by atoms with Gasteiger partial charge in [-0.3, -0.25) is 4.79 Å². The van der Waals surface area contributed by atoms with Crippen LogP contribution in [0, 0.1) is 47.4 Å². The van der Waals surface area contributed by atoms with Gasteiger partial charge in [-0.2, -0.15) is 0 Å². The molecule has 1 heteroatoms. The fourth-order valence-electron chi connectivity index (χ4n) is 1.40. The number of rotatable bonds is 6. The van der Waals surface area contributed by atoms with Crippen molar-refractivity contribution in [3.8, 4) is 47.4 Å². The van der Waals surface area contributed by atoms with E-state index < -0.39 is 0 Å². The molecule has 0 rings (SSSR count). The van der Waals surface area contributed by atoms with E-state index in [4.69, 9.17) is 0 Å². The topological polar surface area (TPSA) is 17.1 Å². The number of unbranched alkanes of at least 4 members (excludes halogenated alkanes) is 5. The summed E-state index contributed by atoms with van der Waals surface area (Å²) in [6, 6.07) is 0. The van der Waals surface area contributed by atoms with Crippen LogP contribution in [0.1, 0.15) is 71.1 Å². The quantitative estimate of drug-likeness (QED) is 0.530. The third-order valence-corrected chi connectivity index (χ3v) is 2.52. The molecular formula is C20H23O. The molecule has 0 fully saturated rings. The van der Waals surface area contributed by atoms with Gasteiger partial charge in [0.15, 0.2) is 6.29 Å². The van der Waals surface area contributed by atoms with Crippen molar-refractivity contribution in [2.45, 2.75) is 71.1 Å². The molecule has 0 saturated carbocycles. The maximum Gasteiger partial charge on any atom is 0.198 e. The standard InChI is InChI=1S/C20H23O/c1-2-3-4-5-6-7-8-9-10-11-12-13-14-15-16-17-18-19-20-21/h2-5,8,11,14,17-19H2,1H3. The molecule has 0 saturated heterocycles. The molecule has 1 radical (unpaired) electrons. The molecule has 0 unspecified atom stereocenters. The monoisotopic (exact) mass is 279 g/mol. The first-order valence-electron chi connectivity index (χ1n) is 7.59. The van der Waals surface area contributed by atoms with Gasteiger partial charge >= 0.3 is 0 Å². The van der Waals surface area contributed by atoms with Crippen molar-refractivity contribution < 1.29 is 4.79 Å². The van der Waals surface area contributed by atoms with E-state index in [1.807, 2.05) is 6.29 Å². The van der Waals surface area contributed by atoms with E-state index in [1.54, 1.807) is 0 Å². The first-order chi connectivity index (χ1) is 10.4. The Morgan fingerprint density at radius 2 is 1.05 bits per heavy atom. The van der Waals surface area contributed by atoms with Crippen LogP contribution < -0.4 is 0 Å². The minimum absolute atomic E-state index is 0.470. The van der Waals surface area contributed by atoms with Gasteiger partial charge in [0.2, 0.25) is 0 Å². The van der Waals surface area contributed by atoms with Crippen LogP contribution in [0.25, 0.3) is 0 Å². The van der Waals surface area contributed by atoms with Gasteiger partial charge < -0.3 is 0 Å². The Balaban J connectivity index is 3.56. The van der Waals surface area contributed by atoms with Crippen molar-refractivity contribution >= 4 is 6.29 Å². The van der Waals surface area contributed by atoms with Gasteiger partial charge in [0.05, 0.1) is 19.3 Å². The highest BCUT2D eigenvalue weighted by molar-refractivity contribution is 5.50. The summed E-state index contributed by atoms with van der Waals surface area (Å²) < 4.78 is 0. The lowest BCUT2D eigenvalue weighted by molar-refractivity contribution is 0.549.